The highest BCUT2D eigenvalue weighted by Gasteiger charge is 2.24. The van der Waals surface area contributed by atoms with Crippen LogP contribution in [0.3, 0.4) is 0 Å². The Kier molecular flexibility index (Phi) is 3.44. The summed E-state index contributed by atoms with van der Waals surface area (Å²) >= 11 is 0. The van der Waals surface area contributed by atoms with Gasteiger partial charge in [-0.2, -0.15) is 0 Å². The van der Waals surface area contributed by atoms with Crippen LogP contribution in [0.5, 0.6) is 0 Å². The second kappa shape index (κ2) is 5.19. The standard InChI is InChI=1S/C14H10N2O3/c15-12(17)3-1-2-10-4-6-11(7-5-10)16-13(18)8-9-14(16)19/h4-9H,3H2,(H2,15,17). The lowest BCUT2D eigenvalue weighted by Crippen LogP contribution is -2.29. The van der Waals surface area contributed by atoms with Gasteiger partial charge in [0.25, 0.3) is 11.8 Å². The maximum atomic E-state index is 11.5. The Morgan fingerprint density at radius 1 is 1.11 bits per heavy atom. The first kappa shape index (κ1) is 12.6. The molecule has 0 unspecified atom stereocenters. The van der Waals surface area contributed by atoms with Crippen molar-refractivity contribution in [2.75, 3.05) is 4.90 Å². The molecular weight excluding hydrogens is 244 g/mol. The fourth-order valence-electron chi connectivity index (χ4n) is 1.58. The summed E-state index contributed by atoms with van der Waals surface area (Å²) in [7, 11) is 0. The zero-order valence-electron chi connectivity index (χ0n) is 9.92. The van der Waals surface area contributed by atoms with Gasteiger partial charge in [-0.15, -0.1) is 0 Å². The number of hydrogen-bond donors (Lipinski definition) is 1. The summed E-state index contributed by atoms with van der Waals surface area (Å²) in [5.74, 6) is 4.18. The number of amides is 3. The Bertz CT molecular complexity index is 615. The van der Waals surface area contributed by atoms with E-state index in [-0.39, 0.29) is 18.2 Å². The molecule has 0 atom stereocenters. The predicted molar refractivity (Wildman–Crippen MR) is 68.8 cm³/mol. The molecule has 0 aliphatic carbocycles. The maximum absolute atomic E-state index is 11.5. The van der Waals surface area contributed by atoms with Crippen LogP contribution in [0, 0.1) is 11.8 Å². The summed E-state index contributed by atoms with van der Waals surface area (Å²) in [6, 6.07) is 6.58. The van der Waals surface area contributed by atoms with E-state index in [9.17, 15) is 14.4 Å². The average Bonchev–Trinajstić information content (AvgIpc) is 2.70. The van der Waals surface area contributed by atoms with Gasteiger partial charge >= 0.3 is 0 Å². The van der Waals surface area contributed by atoms with Crippen molar-refractivity contribution >= 4 is 23.4 Å². The number of carbonyl (C=O) groups excluding carboxylic acids is 3. The third-order valence-electron chi connectivity index (χ3n) is 2.43. The van der Waals surface area contributed by atoms with Crippen LogP contribution in [0.2, 0.25) is 0 Å². The lowest BCUT2D eigenvalue weighted by molar-refractivity contribution is -0.120. The first-order valence-electron chi connectivity index (χ1n) is 5.51. The van der Waals surface area contributed by atoms with E-state index in [1.165, 1.54) is 12.2 Å². The molecule has 3 amide bonds. The van der Waals surface area contributed by atoms with Gasteiger partial charge in [0.1, 0.15) is 0 Å². The number of nitrogens with zero attached hydrogens (tertiary/aromatic N) is 1. The van der Waals surface area contributed by atoms with Gasteiger partial charge in [0.15, 0.2) is 0 Å². The summed E-state index contributed by atoms with van der Waals surface area (Å²) in [6.07, 6.45) is 2.45. The van der Waals surface area contributed by atoms with Gasteiger partial charge in [-0.3, -0.25) is 14.4 Å². The third kappa shape index (κ3) is 2.87. The minimum atomic E-state index is -0.483. The number of benzene rings is 1. The van der Waals surface area contributed by atoms with Crippen molar-refractivity contribution in [3.05, 3.63) is 42.0 Å². The fourth-order valence-corrected chi connectivity index (χ4v) is 1.58. The van der Waals surface area contributed by atoms with Gasteiger partial charge in [-0.05, 0) is 24.3 Å². The molecular formula is C14H10N2O3. The van der Waals surface area contributed by atoms with Crippen LogP contribution in [0.25, 0.3) is 0 Å². The molecule has 94 valence electrons. The second-order valence-corrected chi connectivity index (χ2v) is 3.84. The summed E-state index contributed by atoms with van der Waals surface area (Å²) in [6.45, 7) is 0. The minimum Gasteiger partial charge on any atom is -0.369 e. The molecule has 0 saturated heterocycles. The topological polar surface area (TPSA) is 80.5 Å². The molecule has 0 saturated carbocycles. The normalized spacial score (nSPS) is 13.4. The quantitative estimate of drug-likeness (QED) is 0.610. The zero-order chi connectivity index (χ0) is 13.8. The molecule has 1 aliphatic heterocycles. The van der Waals surface area contributed by atoms with Crippen LogP contribution >= 0.6 is 0 Å². The summed E-state index contributed by atoms with van der Waals surface area (Å²) in [5.41, 5.74) is 6.13. The lowest BCUT2D eigenvalue weighted by Gasteiger charge is -2.13. The number of primary amides is 1. The Morgan fingerprint density at radius 3 is 2.21 bits per heavy atom. The SMILES string of the molecule is NC(=O)CC#Cc1ccc(N2C(=O)C=CC2=O)cc1. The molecule has 0 bridgehead atoms. The zero-order valence-corrected chi connectivity index (χ0v) is 9.92. The molecule has 0 spiro atoms. The molecule has 1 heterocycles. The molecule has 2 N–H and O–H groups in total. The van der Waals surface area contributed by atoms with E-state index < -0.39 is 5.91 Å². The molecule has 2 rings (SSSR count). The number of nitrogens with two attached hydrogens (primary N) is 1. The first-order chi connectivity index (χ1) is 9.08. The van der Waals surface area contributed by atoms with Crippen LogP contribution in [0.1, 0.15) is 12.0 Å². The molecule has 1 aromatic rings. The number of rotatable bonds is 2. The summed E-state index contributed by atoms with van der Waals surface area (Å²) < 4.78 is 0. The predicted octanol–water partition coefficient (Wildman–Crippen LogP) is 0.343. The second-order valence-electron chi connectivity index (χ2n) is 3.84. The van der Waals surface area contributed by atoms with Crippen molar-refractivity contribution in [1.29, 1.82) is 0 Å². The molecule has 0 fully saturated rings. The highest BCUT2D eigenvalue weighted by Crippen LogP contribution is 2.19. The Balaban J connectivity index is 2.14. The fraction of sp³-hybridized carbons (Fsp3) is 0.0714. The molecule has 5 heteroatoms. The summed E-state index contributed by atoms with van der Waals surface area (Å²) in [4.78, 5) is 34.5. The van der Waals surface area contributed by atoms with Crippen molar-refractivity contribution in [3.63, 3.8) is 0 Å². The molecule has 1 aliphatic rings. The van der Waals surface area contributed by atoms with Crippen molar-refractivity contribution in [1.82, 2.24) is 0 Å². The number of imide groups is 1. The van der Waals surface area contributed by atoms with E-state index in [0.29, 0.717) is 11.3 Å². The van der Waals surface area contributed by atoms with Crippen LogP contribution in [-0.2, 0) is 14.4 Å². The van der Waals surface area contributed by atoms with E-state index in [4.69, 9.17) is 5.73 Å². The van der Waals surface area contributed by atoms with Crippen molar-refractivity contribution < 1.29 is 14.4 Å². The monoisotopic (exact) mass is 254 g/mol. The van der Waals surface area contributed by atoms with Crippen molar-refractivity contribution in [2.45, 2.75) is 6.42 Å². The van der Waals surface area contributed by atoms with Gasteiger partial charge in [0.2, 0.25) is 5.91 Å². The minimum absolute atomic E-state index is 0.00519. The van der Waals surface area contributed by atoms with Crippen LogP contribution in [-0.4, -0.2) is 17.7 Å². The lowest BCUT2D eigenvalue weighted by atomic mass is 10.2. The Labute approximate surface area is 109 Å². The molecule has 0 aromatic heterocycles. The summed E-state index contributed by atoms with van der Waals surface area (Å²) in [5, 5.41) is 0. The van der Waals surface area contributed by atoms with Crippen LogP contribution in [0.4, 0.5) is 5.69 Å². The van der Waals surface area contributed by atoms with E-state index in [2.05, 4.69) is 11.8 Å². The Morgan fingerprint density at radius 2 is 1.68 bits per heavy atom. The van der Waals surface area contributed by atoms with Gasteiger partial charge in [0.05, 0.1) is 12.1 Å². The smallest absolute Gasteiger partial charge is 0.258 e. The molecule has 0 radical (unpaired) electrons. The molecule has 19 heavy (non-hydrogen) atoms. The van der Waals surface area contributed by atoms with Crippen molar-refractivity contribution in [3.8, 4) is 11.8 Å². The number of hydrogen-bond acceptors (Lipinski definition) is 3. The maximum Gasteiger partial charge on any atom is 0.258 e. The highest BCUT2D eigenvalue weighted by atomic mass is 16.2. The van der Waals surface area contributed by atoms with Gasteiger partial charge < -0.3 is 5.73 Å². The van der Waals surface area contributed by atoms with E-state index in [0.717, 1.165) is 4.90 Å². The number of anilines is 1. The highest BCUT2D eigenvalue weighted by molar-refractivity contribution is 6.28. The first-order valence-corrected chi connectivity index (χ1v) is 5.51. The largest absolute Gasteiger partial charge is 0.369 e. The molecule has 5 nitrogen and oxygen atoms in total. The molecule has 1 aromatic carbocycles. The van der Waals surface area contributed by atoms with Crippen LogP contribution in [0.15, 0.2) is 36.4 Å². The third-order valence-corrected chi connectivity index (χ3v) is 2.43. The number of carbonyl (C=O) groups is 3. The van der Waals surface area contributed by atoms with Crippen molar-refractivity contribution in [2.24, 2.45) is 5.73 Å². The van der Waals surface area contributed by atoms with Crippen LogP contribution < -0.4 is 10.6 Å². The Hall–Kier alpha value is -2.87. The van der Waals surface area contributed by atoms with Gasteiger partial charge in [0, 0.05) is 17.7 Å². The average molecular weight is 254 g/mol. The van der Waals surface area contributed by atoms with E-state index in [1.807, 2.05) is 0 Å². The van der Waals surface area contributed by atoms with Gasteiger partial charge in [-0.1, -0.05) is 11.8 Å². The van der Waals surface area contributed by atoms with E-state index >= 15 is 0 Å². The van der Waals surface area contributed by atoms with Gasteiger partial charge in [-0.25, -0.2) is 4.90 Å². The van der Waals surface area contributed by atoms with E-state index in [1.54, 1.807) is 24.3 Å².